The molecule has 152 valence electrons. The van der Waals surface area contributed by atoms with Crippen LogP contribution in [0.2, 0.25) is 0 Å². The lowest BCUT2D eigenvalue weighted by molar-refractivity contribution is 0.579. The molecule has 0 bridgehead atoms. The summed E-state index contributed by atoms with van der Waals surface area (Å²) in [5, 5.41) is 3.39. The van der Waals surface area contributed by atoms with Gasteiger partial charge in [-0.05, 0) is 43.9 Å². The minimum absolute atomic E-state index is 0.0326. The second-order valence-electron chi connectivity index (χ2n) is 7.92. The molecule has 30 heavy (non-hydrogen) atoms. The Bertz CT molecular complexity index is 1220. The molecule has 0 radical (unpaired) electrons. The molecule has 1 N–H and O–H groups in total. The third-order valence-corrected chi connectivity index (χ3v) is 5.92. The molecule has 1 aliphatic heterocycles. The first-order valence-electron chi connectivity index (χ1n) is 10.6. The SMILES string of the molecule is Cc1nc2c(N3CCCCC3)c(-c3ccccc3)[nH]n2c(=O)c1Cc1ccncc1. The molecule has 5 rings (SSSR count). The van der Waals surface area contributed by atoms with Gasteiger partial charge in [-0.3, -0.25) is 14.9 Å². The summed E-state index contributed by atoms with van der Waals surface area (Å²) in [6, 6.07) is 14.1. The highest BCUT2D eigenvalue weighted by Gasteiger charge is 2.24. The number of pyridine rings is 1. The van der Waals surface area contributed by atoms with Gasteiger partial charge in [-0.1, -0.05) is 30.3 Å². The van der Waals surface area contributed by atoms with Crippen LogP contribution < -0.4 is 10.5 Å². The van der Waals surface area contributed by atoms with Crippen LogP contribution in [0.3, 0.4) is 0 Å². The van der Waals surface area contributed by atoms with E-state index in [0.717, 1.165) is 59.8 Å². The average Bonchev–Trinajstić information content (AvgIpc) is 3.18. The molecule has 6 nitrogen and oxygen atoms in total. The zero-order valence-electron chi connectivity index (χ0n) is 17.1. The number of nitrogens with zero attached hydrogens (tertiary/aromatic N) is 4. The minimum atomic E-state index is -0.0326. The first kappa shape index (κ1) is 18.6. The van der Waals surface area contributed by atoms with Gasteiger partial charge in [0.1, 0.15) is 5.69 Å². The summed E-state index contributed by atoms with van der Waals surface area (Å²) in [6.45, 7) is 3.91. The van der Waals surface area contributed by atoms with Crippen molar-refractivity contribution in [1.82, 2.24) is 19.6 Å². The van der Waals surface area contributed by atoms with E-state index in [-0.39, 0.29) is 5.56 Å². The molecule has 0 amide bonds. The predicted molar refractivity (Wildman–Crippen MR) is 119 cm³/mol. The first-order chi connectivity index (χ1) is 14.7. The van der Waals surface area contributed by atoms with E-state index in [0.29, 0.717) is 12.0 Å². The largest absolute Gasteiger partial charge is 0.367 e. The monoisotopic (exact) mass is 399 g/mol. The Kier molecular flexibility index (Phi) is 4.83. The molecular weight excluding hydrogens is 374 g/mol. The predicted octanol–water partition coefficient (Wildman–Crippen LogP) is 3.97. The molecule has 1 aromatic carbocycles. The Morgan fingerprint density at radius 1 is 1.00 bits per heavy atom. The van der Waals surface area contributed by atoms with Crippen molar-refractivity contribution in [3.05, 3.63) is 82.0 Å². The summed E-state index contributed by atoms with van der Waals surface area (Å²) in [4.78, 5) is 24.9. The van der Waals surface area contributed by atoms with Crippen molar-refractivity contribution >= 4 is 11.3 Å². The third kappa shape index (κ3) is 3.28. The molecule has 1 saturated heterocycles. The zero-order valence-corrected chi connectivity index (χ0v) is 17.1. The van der Waals surface area contributed by atoms with Crippen molar-refractivity contribution in [2.45, 2.75) is 32.6 Å². The zero-order chi connectivity index (χ0) is 20.5. The van der Waals surface area contributed by atoms with Gasteiger partial charge in [0.05, 0.1) is 5.69 Å². The van der Waals surface area contributed by atoms with E-state index in [1.807, 2.05) is 37.3 Å². The van der Waals surface area contributed by atoms with Gasteiger partial charge in [0.15, 0.2) is 5.65 Å². The fraction of sp³-hybridized carbons (Fsp3) is 0.292. The lowest BCUT2D eigenvalue weighted by Crippen LogP contribution is -2.30. The second-order valence-corrected chi connectivity index (χ2v) is 7.92. The first-order valence-corrected chi connectivity index (χ1v) is 10.6. The Hall–Kier alpha value is -3.41. The van der Waals surface area contributed by atoms with E-state index in [9.17, 15) is 4.79 Å². The minimum Gasteiger partial charge on any atom is -0.367 e. The van der Waals surface area contributed by atoms with Crippen LogP contribution in [-0.4, -0.2) is 32.7 Å². The molecule has 0 saturated carbocycles. The van der Waals surface area contributed by atoms with E-state index < -0.39 is 0 Å². The average molecular weight is 399 g/mol. The van der Waals surface area contributed by atoms with Crippen molar-refractivity contribution in [3.8, 4) is 11.3 Å². The van der Waals surface area contributed by atoms with Gasteiger partial charge in [-0.15, -0.1) is 0 Å². The maximum Gasteiger partial charge on any atom is 0.276 e. The van der Waals surface area contributed by atoms with Crippen LogP contribution in [0.4, 0.5) is 5.69 Å². The van der Waals surface area contributed by atoms with Crippen LogP contribution in [0.25, 0.3) is 16.9 Å². The Morgan fingerprint density at radius 2 is 1.73 bits per heavy atom. The molecule has 1 fully saturated rings. The van der Waals surface area contributed by atoms with Crippen LogP contribution in [-0.2, 0) is 6.42 Å². The van der Waals surface area contributed by atoms with Crippen molar-refractivity contribution in [3.63, 3.8) is 0 Å². The van der Waals surface area contributed by atoms with Crippen LogP contribution in [0, 0.1) is 6.92 Å². The Morgan fingerprint density at radius 3 is 2.47 bits per heavy atom. The van der Waals surface area contributed by atoms with Crippen LogP contribution in [0.1, 0.15) is 36.1 Å². The normalized spacial score (nSPS) is 14.4. The van der Waals surface area contributed by atoms with E-state index in [1.54, 1.807) is 16.9 Å². The van der Waals surface area contributed by atoms with Gasteiger partial charge in [-0.25, -0.2) is 4.98 Å². The highest BCUT2D eigenvalue weighted by molar-refractivity contribution is 5.86. The van der Waals surface area contributed by atoms with Gasteiger partial charge < -0.3 is 4.90 Å². The molecule has 6 heteroatoms. The van der Waals surface area contributed by atoms with Gasteiger partial charge in [-0.2, -0.15) is 4.52 Å². The van der Waals surface area contributed by atoms with E-state index in [2.05, 4.69) is 27.1 Å². The van der Waals surface area contributed by atoms with Crippen molar-refractivity contribution in [2.75, 3.05) is 18.0 Å². The number of aromatic amines is 1. The molecule has 0 unspecified atom stereocenters. The Balaban J connectivity index is 1.71. The van der Waals surface area contributed by atoms with Crippen molar-refractivity contribution in [2.24, 2.45) is 0 Å². The number of aromatic nitrogens is 4. The number of hydrogen-bond donors (Lipinski definition) is 1. The summed E-state index contributed by atoms with van der Waals surface area (Å²) >= 11 is 0. The quantitative estimate of drug-likeness (QED) is 0.564. The smallest absolute Gasteiger partial charge is 0.276 e. The molecule has 3 aromatic heterocycles. The number of aryl methyl sites for hydroxylation is 1. The lowest BCUT2D eigenvalue weighted by atomic mass is 10.1. The summed E-state index contributed by atoms with van der Waals surface area (Å²) in [7, 11) is 0. The molecule has 1 aliphatic rings. The maximum atomic E-state index is 13.5. The maximum absolute atomic E-state index is 13.5. The van der Waals surface area contributed by atoms with E-state index >= 15 is 0 Å². The molecular formula is C24H25N5O. The molecule has 0 atom stereocenters. The topological polar surface area (TPSA) is 66.3 Å². The summed E-state index contributed by atoms with van der Waals surface area (Å²) < 4.78 is 1.63. The van der Waals surface area contributed by atoms with Crippen molar-refractivity contribution < 1.29 is 0 Å². The second kappa shape index (κ2) is 7.78. The summed E-state index contributed by atoms with van der Waals surface area (Å²) in [6.07, 6.45) is 7.63. The number of anilines is 1. The Labute approximate surface area is 175 Å². The molecule has 0 spiro atoms. The van der Waals surface area contributed by atoms with Gasteiger partial charge in [0.2, 0.25) is 0 Å². The van der Waals surface area contributed by atoms with Gasteiger partial charge in [0, 0.05) is 48.7 Å². The fourth-order valence-electron chi connectivity index (χ4n) is 4.33. The fourth-order valence-corrected chi connectivity index (χ4v) is 4.33. The summed E-state index contributed by atoms with van der Waals surface area (Å²) in [5.41, 5.74) is 6.30. The van der Waals surface area contributed by atoms with Crippen LogP contribution in [0.15, 0.2) is 59.7 Å². The highest BCUT2D eigenvalue weighted by atomic mass is 16.1. The summed E-state index contributed by atoms with van der Waals surface area (Å²) in [5.74, 6) is 0. The lowest BCUT2D eigenvalue weighted by Gasteiger charge is -2.28. The highest BCUT2D eigenvalue weighted by Crippen LogP contribution is 2.34. The number of H-pyrrole nitrogens is 1. The number of rotatable bonds is 4. The molecule has 0 aliphatic carbocycles. The standard InChI is InChI=1S/C24H25N5O/c1-17-20(16-18-10-12-25-13-11-18)24(30)29-23(26-17)22(28-14-6-3-7-15-28)21(27-29)19-8-4-2-5-9-19/h2,4-5,8-13,27H,3,6-7,14-16H2,1H3. The number of hydrogen-bond acceptors (Lipinski definition) is 4. The molecule has 4 aromatic rings. The van der Waals surface area contributed by atoms with Gasteiger partial charge >= 0.3 is 0 Å². The number of piperidine rings is 1. The number of nitrogens with one attached hydrogen (secondary N) is 1. The molecule has 4 heterocycles. The van der Waals surface area contributed by atoms with Gasteiger partial charge in [0.25, 0.3) is 5.56 Å². The van der Waals surface area contributed by atoms with Crippen LogP contribution in [0.5, 0.6) is 0 Å². The van der Waals surface area contributed by atoms with E-state index in [4.69, 9.17) is 4.98 Å². The third-order valence-electron chi connectivity index (χ3n) is 5.92. The van der Waals surface area contributed by atoms with E-state index in [1.165, 1.54) is 6.42 Å². The van der Waals surface area contributed by atoms with Crippen LogP contribution >= 0.6 is 0 Å². The van der Waals surface area contributed by atoms with Crippen molar-refractivity contribution in [1.29, 1.82) is 0 Å². The number of benzene rings is 1. The number of fused-ring (bicyclic) bond motifs is 1.